The van der Waals surface area contributed by atoms with Crippen molar-refractivity contribution in [2.24, 2.45) is 28.6 Å². The Labute approximate surface area is 150 Å². The fourth-order valence-electron chi connectivity index (χ4n) is 6.65. The molecule has 0 bridgehead atoms. The van der Waals surface area contributed by atoms with Crippen LogP contribution in [0.15, 0.2) is 11.6 Å². The van der Waals surface area contributed by atoms with Gasteiger partial charge >= 0.3 is 10.4 Å². The molecule has 3 saturated carbocycles. The van der Waals surface area contributed by atoms with Crippen molar-refractivity contribution in [3.8, 4) is 0 Å². The minimum absolute atomic E-state index is 0.0783. The first-order chi connectivity index (χ1) is 11.6. The van der Waals surface area contributed by atoms with E-state index in [4.69, 9.17) is 8.74 Å². The van der Waals surface area contributed by atoms with Gasteiger partial charge in [0.15, 0.2) is 0 Å². The van der Waals surface area contributed by atoms with Crippen molar-refractivity contribution in [2.75, 3.05) is 0 Å². The molecule has 6 atom stereocenters. The second-order valence-electron chi connectivity index (χ2n) is 9.07. The Morgan fingerprint density at radius 3 is 2.52 bits per heavy atom. The van der Waals surface area contributed by atoms with Gasteiger partial charge in [0.2, 0.25) is 0 Å². The first kappa shape index (κ1) is 17.7. The van der Waals surface area contributed by atoms with Gasteiger partial charge in [0.25, 0.3) is 0 Å². The molecule has 0 aromatic heterocycles. The monoisotopic (exact) mass is 368 g/mol. The van der Waals surface area contributed by atoms with Gasteiger partial charge in [-0.15, -0.1) is 0 Å². The zero-order valence-corrected chi connectivity index (χ0v) is 15.8. The third-order valence-corrected chi connectivity index (χ3v) is 8.54. The van der Waals surface area contributed by atoms with Crippen molar-refractivity contribution in [1.82, 2.24) is 0 Å². The van der Waals surface area contributed by atoms with E-state index >= 15 is 0 Å². The first-order valence-electron chi connectivity index (χ1n) is 9.52. The number of carbonyl (C=O) groups is 1. The molecule has 4 rings (SSSR count). The number of allylic oxidation sites excluding steroid dienone is 1. The topological polar surface area (TPSA) is 80.7 Å². The van der Waals surface area contributed by atoms with E-state index in [9.17, 15) is 13.2 Å². The molecule has 25 heavy (non-hydrogen) atoms. The number of ketones is 1. The molecule has 140 valence electrons. The van der Waals surface area contributed by atoms with Gasteiger partial charge in [0.1, 0.15) is 5.78 Å². The number of rotatable bonds is 2. The van der Waals surface area contributed by atoms with E-state index in [1.54, 1.807) is 0 Å². The van der Waals surface area contributed by atoms with Crippen molar-refractivity contribution < 1.29 is 21.9 Å². The molecule has 5 nitrogen and oxygen atoms in total. The van der Waals surface area contributed by atoms with Crippen LogP contribution in [0.1, 0.15) is 65.2 Å². The van der Waals surface area contributed by atoms with Crippen LogP contribution in [0.4, 0.5) is 0 Å². The van der Waals surface area contributed by atoms with Crippen molar-refractivity contribution in [3.05, 3.63) is 11.6 Å². The van der Waals surface area contributed by atoms with Crippen molar-refractivity contribution >= 4 is 16.2 Å². The van der Waals surface area contributed by atoms with E-state index in [1.807, 2.05) is 0 Å². The van der Waals surface area contributed by atoms with Crippen molar-refractivity contribution in [1.29, 1.82) is 0 Å². The molecule has 0 radical (unpaired) electrons. The molecule has 0 unspecified atom stereocenters. The van der Waals surface area contributed by atoms with Crippen LogP contribution in [0.25, 0.3) is 0 Å². The molecule has 0 spiro atoms. The lowest BCUT2D eigenvalue weighted by atomic mass is 9.48. The van der Waals surface area contributed by atoms with Crippen LogP contribution in [0.2, 0.25) is 0 Å². The summed E-state index contributed by atoms with van der Waals surface area (Å²) in [4.78, 5) is 12.4. The first-order valence-corrected chi connectivity index (χ1v) is 10.9. The second kappa shape index (κ2) is 5.64. The smallest absolute Gasteiger partial charge is 0.299 e. The third-order valence-electron chi connectivity index (χ3n) is 8.03. The van der Waals surface area contributed by atoms with E-state index in [1.165, 1.54) is 5.57 Å². The summed E-state index contributed by atoms with van der Waals surface area (Å²) in [5.74, 6) is 2.10. The SMILES string of the molecule is C[C@]12CC[C@H](OS(=O)(=O)O)CC1=CC[C@@H]1[C@H]2CC[C@@]2(C)C(=O)CC[C@@H]12. The van der Waals surface area contributed by atoms with Gasteiger partial charge in [0.05, 0.1) is 6.10 Å². The third kappa shape index (κ3) is 2.72. The Morgan fingerprint density at radius 1 is 1.12 bits per heavy atom. The minimum atomic E-state index is -4.40. The van der Waals surface area contributed by atoms with Crippen LogP contribution in [-0.4, -0.2) is 24.9 Å². The van der Waals surface area contributed by atoms with E-state index in [0.717, 1.165) is 38.5 Å². The number of fused-ring (bicyclic) bond motifs is 5. The highest BCUT2D eigenvalue weighted by Crippen LogP contribution is 2.64. The van der Waals surface area contributed by atoms with Crippen LogP contribution in [0, 0.1) is 28.6 Å². The molecule has 4 aliphatic rings. The summed E-state index contributed by atoms with van der Waals surface area (Å²) in [7, 11) is -4.40. The zero-order valence-electron chi connectivity index (χ0n) is 15.0. The van der Waals surface area contributed by atoms with Crippen molar-refractivity contribution in [2.45, 2.75) is 71.3 Å². The summed E-state index contributed by atoms with van der Waals surface area (Å²) in [5.41, 5.74) is 1.25. The molecule has 0 aliphatic heterocycles. The van der Waals surface area contributed by atoms with Crippen LogP contribution >= 0.6 is 0 Å². The highest BCUT2D eigenvalue weighted by Gasteiger charge is 2.58. The normalized spacial score (nSPS) is 46.8. The number of hydrogen-bond donors (Lipinski definition) is 1. The average molecular weight is 368 g/mol. The molecule has 6 heteroatoms. The molecule has 4 aliphatic carbocycles. The summed E-state index contributed by atoms with van der Waals surface area (Å²) >= 11 is 0. The summed E-state index contributed by atoms with van der Waals surface area (Å²) in [6, 6.07) is 0. The van der Waals surface area contributed by atoms with Crippen LogP contribution in [-0.2, 0) is 19.4 Å². The predicted octanol–water partition coefficient (Wildman–Crippen LogP) is 3.71. The maximum absolute atomic E-state index is 12.4. The summed E-state index contributed by atoms with van der Waals surface area (Å²) in [6.45, 7) is 4.50. The Hall–Kier alpha value is -0.720. The lowest BCUT2D eigenvalue weighted by Gasteiger charge is -2.56. The molecule has 0 heterocycles. The summed E-state index contributed by atoms with van der Waals surface area (Å²) in [5, 5.41) is 0. The number of hydrogen-bond acceptors (Lipinski definition) is 4. The average Bonchev–Trinajstić information content (AvgIpc) is 2.82. The molecule has 1 N–H and O–H groups in total. The standard InChI is InChI=1S/C19H28O5S/c1-18-9-7-13(24-25(21,22)23)11-12(18)3-4-14-15-5-6-17(20)19(15,2)10-8-16(14)18/h3,13-16H,4-11H2,1-2H3,(H,21,22,23)/t13-,14-,15-,16+,18-,19+/m0/s1. The van der Waals surface area contributed by atoms with E-state index in [2.05, 4.69) is 19.9 Å². The number of Topliss-reactive ketones (excluding diaryl/α,β-unsaturated/α-hetero) is 1. The molecule has 3 fully saturated rings. The Bertz CT molecular complexity index is 726. The van der Waals surface area contributed by atoms with E-state index in [0.29, 0.717) is 36.4 Å². The number of carbonyl (C=O) groups excluding carboxylic acids is 1. The van der Waals surface area contributed by atoms with Gasteiger partial charge in [-0.1, -0.05) is 25.5 Å². The van der Waals surface area contributed by atoms with E-state index in [-0.39, 0.29) is 10.8 Å². The maximum atomic E-state index is 12.4. The lowest BCUT2D eigenvalue weighted by molar-refractivity contribution is -0.131. The molecular weight excluding hydrogens is 340 g/mol. The highest BCUT2D eigenvalue weighted by molar-refractivity contribution is 7.80. The Kier molecular flexibility index (Phi) is 3.99. The lowest BCUT2D eigenvalue weighted by Crippen LogP contribution is -2.50. The van der Waals surface area contributed by atoms with Gasteiger partial charge in [-0.2, -0.15) is 8.42 Å². The molecule has 0 aromatic rings. The molecule has 0 aromatic carbocycles. The largest absolute Gasteiger partial charge is 0.397 e. The zero-order chi connectivity index (χ0) is 18.0. The predicted molar refractivity (Wildman–Crippen MR) is 93.1 cm³/mol. The van der Waals surface area contributed by atoms with Crippen LogP contribution in [0.5, 0.6) is 0 Å². The maximum Gasteiger partial charge on any atom is 0.397 e. The molecule has 0 saturated heterocycles. The molecule has 0 amide bonds. The quantitative estimate of drug-likeness (QED) is 0.594. The summed E-state index contributed by atoms with van der Waals surface area (Å²) in [6.07, 6.45) is 8.79. The second-order valence-corrected chi connectivity index (χ2v) is 10.1. The molecular formula is C19H28O5S. The van der Waals surface area contributed by atoms with Crippen LogP contribution < -0.4 is 0 Å². The highest BCUT2D eigenvalue weighted by atomic mass is 32.3. The van der Waals surface area contributed by atoms with Gasteiger partial charge < -0.3 is 0 Å². The fraction of sp³-hybridized carbons (Fsp3) is 0.842. The van der Waals surface area contributed by atoms with Gasteiger partial charge in [-0.3, -0.25) is 9.35 Å². The Morgan fingerprint density at radius 2 is 1.80 bits per heavy atom. The van der Waals surface area contributed by atoms with Gasteiger partial charge in [-0.05, 0) is 68.1 Å². The van der Waals surface area contributed by atoms with E-state index < -0.39 is 16.5 Å². The van der Waals surface area contributed by atoms with Crippen LogP contribution in [0.3, 0.4) is 0 Å². The minimum Gasteiger partial charge on any atom is -0.299 e. The van der Waals surface area contributed by atoms with Gasteiger partial charge in [-0.25, -0.2) is 4.18 Å². The fourth-order valence-corrected chi connectivity index (χ4v) is 7.16. The summed E-state index contributed by atoms with van der Waals surface area (Å²) < 4.78 is 35.9. The van der Waals surface area contributed by atoms with Gasteiger partial charge in [0, 0.05) is 11.8 Å². The Balaban J connectivity index is 1.59. The van der Waals surface area contributed by atoms with Crippen molar-refractivity contribution in [3.63, 3.8) is 0 Å².